The summed E-state index contributed by atoms with van der Waals surface area (Å²) in [4.78, 5) is 28.6. The lowest BCUT2D eigenvalue weighted by Crippen LogP contribution is -2.43. The zero-order valence-corrected chi connectivity index (χ0v) is 19.0. The fraction of sp³-hybridized carbons (Fsp3) is 0.333. The predicted molar refractivity (Wildman–Crippen MR) is 128 cm³/mol. The Balaban J connectivity index is 1.44. The van der Waals surface area contributed by atoms with Gasteiger partial charge in [-0.3, -0.25) is 0 Å². The van der Waals surface area contributed by atoms with Crippen LogP contribution in [0.1, 0.15) is 24.5 Å². The van der Waals surface area contributed by atoms with Crippen molar-refractivity contribution < 1.29 is 23.8 Å². The molecule has 1 heterocycles. The Bertz CT molecular complexity index is 979. The zero-order chi connectivity index (χ0) is 24.0. The summed E-state index contributed by atoms with van der Waals surface area (Å²) in [7, 11) is 0. The summed E-state index contributed by atoms with van der Waals surface area (Å²) in [5, 5.41) is 9.75. The first-order valence-electron chi connectivity index (χ1n) is 11.1. The highest BCUT2D eigenvalue weighted by molar-refractivity contribution is 5.84. The van der Waals surface area contributed by atoms with Crippen molar-refractivity contribution in [3.8, 4) is 5.75 Å². The van der Waals surface area contributed by atoms with Crippen molar-refractivity contribution in [2.45, 2.75) is 26.0 Å². The molecule has 10 heteroatoms. The lowest BCUT2D eigenvalue weighted by atomic mass is 10.2. The Kier molecular flexibility index (Phi) is 9.73. The van der Waals surface area contributed by atoms with Gasteiger partial charge in [-0.1, -0.05) is 30.3 Å². The summed E-state index contributed by atoms with van der Waals surface area (Å²) in [6.07, 6.45) is 1.20. The predicted octanol–water partition coefficient (Wildman–Crippen LogP) is 2.20. The third-order valence-electron chi connectivity index (χ3n) is 4.69. The summed E-state index contributed by atoms with van der Waals surface area (Å²) in [6.45, 7) is 3.77. The number of guanidine groups is 1. The highest BCUT2D eigenvalue weighted by Crippen LogP contribution is 2.12. The van der Waals surface area contributed by atoms with Crippen LogP contribution in [0.4, 0.5) is 4.79 Å². The number of alkyl carbamates (subject to hydrolysis) is 1. The van der Waals surface area contributed by atoms with Gasteiger partial charge in [0.25, 0.3) is 0 Å². The Morgan fingerprint density at radius 2 is 1.94 bits per heavy atom. The number of benzene rings is 2. The number of carbonyl (C=O) groups excluding carboxylic acids is 2. The minimum Gasteiger partial charge on any atom is -0.494 e. The molecule has 1 aliphatic rings. The SMILES string of the molecule is CCOC(=O)[C@H](CCOc1ccc(C=NNC2=NCCN2)cc1)NC(=O)OCc1ccccc1. The molecule has 0 unspecified atom stereocenters. The molecule has 2 aromatic carbocycles. The lowest BCUT2D eigenvalue weighted by molar-refractivity contribution is -0.145. The van der Waals surface area contributed by atoms with Gasteiger partial charge in [0, 0.05) is 13.0 Å². The number of hydrogen-bond donors (Lipinski definition) is 3. The van der Waals surface area contributed by atoms with E-state index < -0.39 is 18.1 Å². The van der Waals surface area contributed by atoms with Gasteiger partial charge in [-0.25, -0.2) is 20.0 Å². The van der Waals surface area contributed by atoms with E-state index in [0.29, 0.717) is 11.7 Å². The van der Waals surface area contributed by atoms with Crippen molar-refractivity contribution in [1.82, 2.24) is 16.1 Å². The van der Waals surface area contributed by atoms with E-state index in [4.69, 9.17) is 14.2 Å². The monoisotopic (exact) mass is 467 g/mol. The zero-order valence-electron chi connectivity index (χ0n) is 19.0. The fourth-order valence-electron chi connectivity index (χ4n) is 2.98. The molecule has 0 aliphatic carbocycles. The lowest BCUT2D eigenvalue weighted by Gasteiger charge is -2.17. The molecule has 0 bridgehead atoms. The van der Waals surface area contributed by atoms with Crippen LogP contribution in [0.5, 0.6) is 5.75 Å². The standard InChI is InChI=1S/C24H29N5O5/c1-2-32-22(30)21(28-24(31)34-17-19-6-4-3-5-7-19)12-15-33-20-10-8-18(9-11-20)16-27-29-23-25-13-14-26-23/h3-11,16,21H,2,12-15,17H2,1H3,(H,28,31)(H2,25,26,29)/t21-/m0/s1. The maximum atomic E-state index is 12.3. The Morgan fingerprint density at radius 3 is 2.65 bits per heavy atom. The van der Waals surface area contributed by atoms with Crippen LogP contribution in [0.3, 0.4) is 0 Å². The summed E-state index contributed by atoms with van der Waals surface area (Å²) in [5.74, 6) is 0.745. The van der Waals surface area contributed by atoms with Crippen LogP contribution in [0.2, 0.25) is 0 Å². The van der Waals surface area contributed by atoms with Crippen LogP contribution in [-0.2, 0) is 20.9 Å². The summed E-state index contributed by atoms with van der Waals surface area (Å²) in [6, 6.07) is 15.7. The molecule has 0 saturated heterocycles. The molecule has 1 atom stereocenters. The van der Waals surface area contributed by atoms with E-state index in [1.54, 1.807) is 25.3 Å². The Labute approximate surface area is 198 Å². The number of nitrogens with zero attached hydrogens (tertiary/aromatic N) is 2. The third-order valence-corrected chi connectivity index (χ3v) is 4.69. The third kappa shape index (κ3) is 8.45. The molecule has 2 aromatic rings. The number of amides is 1. The first-order chi connectivity index (χ1) is 16.6. The average Bonchev–Trinajstić information content (AvgIpc) is 3.37. The molecule has 1 aliphatic heterocycles. The number of hydrazone groups is 1. The average molecular weight is 468 g/mol. The number of carbonyl (C=O) groups is 2. The first kappa shape index (κ1) is 24.6. The minimum atomic E-state index is -0.882. The minimum absolute atomic E-state index is 0.106. The highest BCUT2D eigenvalue weighted by Gasteiger charge is 2.23. The molecule has 0 fully saturated rings. The molecule has 1 amide bonds. The van der Waals surface area contributed by atoms with Gasteiger partial charge in [0.05, 0.1) is 26.0 Å². The number of rotatable bonds is 11. The van der Waals surface area contributed by atoms with E-state index >= 15 is 0 Å². The van der Waals surface area contributed by atoms with E-state index in [2.05, 4.69) is 26.2 Å². The molecule has 180 valence electrons. The smallest absolute Gasteiger partial charge is 0.408 e. The van der Waals surface area contributed by atoms with E-state index in [9.17, 15) is 9.59 Å². The summed E-state index contributed by atoms with van der Waals surface area (Å²) in [5.41, 5.74) is 4.56. The number of nitrogens with one attached hydrogen (secondary N) is 3. The maximum Gasteiger partial charge on any atom is 0.408 e. The Hall–Kier alpha value is -4.08. The van der Waals surface area contributed by atoms with Gasteiger partial charge < -0.3 is 24.8 Å². The highest BCUT2D eigenvalue weighted by atomic mass is 16.6. The van der Waals surface area contributed by atoms with Crippen LogP contribution < -0.4 is 20.8 Å². The van der Waals surface area contributed by atoms with Gasteiger partial charge in [-0.2, -0.15) is 5.10 Å². The first-order valence-corrected chi connectivity index (χ1v) is 11.1. The maximum absolute atomic E-state index is 12.3. The van der Waals surface area contributed by atoms with Crippen molar-refractivity contribution in [3.63, 3.8) is 0 Å². The largest absolute Gasteiger partial charge is 0.494 e. The molecular formula is C24H29N5O5. The molecule has 0 radical (unpaired) electrons. The molecule has 3 N–H and O–H groups in total. The van der Waals surface area contributed by atoms with Gasteiger partial charge in [0.2, 0.25) is 5.96 Å². The van der Waals surface area contributed by atoms with Crippen molar-refractivity contribution in [2.24, 2.45) is 10.1 Å². The van der Waals surface area contributed by atoms with E-state index in [1.165, 1.54) is 0 Å². The summed E-state index contributed by atoms with van der Waals surface area (Å²) < 4.78 is 16.0. The van der Waals surface area contributed by atoms with Crippen LogP contribution in [0.15, 0.2) is 64.7 Å². The molecule has 0 saturated carbocycles. The van der Waals surface area contributed by atoms with Crippen LogP contribution >= 0.6 is 0 Å². The van der Waals surface area contributed by atoms with Crippen LogP contribution in [0.25, 0.3) is 0 Å². The van der Waals surface area contributed by atoms with Gasteiger partial charge in [0.1, 0.15) is 18.4 Å². The van der Waals surface area contributed by atoms with Crippen molar-refractivity contribution in [2.75, 3.05) is 26.3 Å². The molecular weight excluding hydrogens is 438 g/mol. The van der Waals surface area contributed by atoms with Gasteiger partial charge >= 0.3 is 12.1 Å². The number of hydrogen-bond acceptors (Lipinski definition) is 9. The fourth-order valence-corrected chi connectivity index (χ4v) is 2.98. The molecule has 0 aromatic heterocycles. The second-order valence-electron chi connectivity index (χ2n) is 7.24. The van der Waals surface area contributed by atoms with E-state index in [0.717, 1.165) is 24.2 Å². The number of esters is 1. The van der Waals surface area contributed by atoms with Gasteiger partial charge in [-0.05, 0) is 42.3 Å². The van der Waals surface area contributed by atoms with Gasteiger partial charge in [-0.15, -0.1) is 0 Å². The second-order valence-corrected chi connectivity index (χ2v) is 7.24. The Morgan fingerprint density at radius 1 is 1.15 bits per heavy atom. The summed E-state index contributed by atoms with van der Waals surface area (Å²) >= 11 is 0. The van der Waals surface area contributed by atoms with Crippen LogP contribution in [0, 0.1) is 0 Å². The van der Waals surface area contributed by atoms with Crippen LogP contribution in [-0.4, -0.2) is 56.6 Å². The van der Waals surface area contributed by atoms with Crippen molar-refractivity contribution in [3.05, 3.63) is 65.7 Å². The molecule has 0 spiro atoms. The van der Waals surface area contributed by atoms with Crippen molar-refractivity contribution >= 4 is 24.2 Å². The van der Waals surface area contributed by atoms with E-state index in [1.807, 2.05) is 42.5 Å². The quantitative estimate of drug-likeness (QED) is 0.263. The van der Waals surface area contributed by atoms with Gasteiger partial charge in [0.15, 0.2) is 0 Å². The normalized spacial score (nSPS) is 13.5. The van der Waals surface area contributed by atoms with E-state index in [-0.39, 0.29) is 26.2 Å². The van der Waals surface area contributed by atoms with Crippen molar-refractivity contribution in [1.29, 1.82) is 0 Å². The number of aliphatic imine (C=N–C) groups is 1. The molecule has 34 heavy (non-hydrogen) atoms. The molecule has 10 nitrogen and oxygen atoms in total. The topological polar surface area (TPSA) is 123 Å². The second kappa shape index (κ2) is 13.5. The molecule has 3 rings (SSSR count). The number of ether oxygens (including phenoxy) is 3.